The van der Waals surface area contributed by atoms with Crippen molar-refractivity contribution in [3.05, 3.63) is 155 Å². The van der Waals surface area contributed by atoms with Crippen LogP contribution in [0.5, 0.6) is 5.75 Å². The first-order valence-corrected chi connectivity index (χ1v) is 24.3. The van der Waals surface area contributed by atoms with E-state index in [-0.39, 0.29) is 34.3 Å². The molecule has 4 aromatic rings. The van der Waals surface area contributed by atoms with Gasteiger partial charge in [0, 0.05) is 67.0 Å². The summed E-state index contributed by atoms with van der Waals surface area (Å²) < 4.78 is 61.6. The van der Waals surface area contributed by atoms with Gasteiger partial charge in [0.1, 0.15) is 12.3 Å². The molecule has 0 spiro atoms. The van der Waals surface area contributed by atoms with Gasteiger partial charge >= 0.3 is 10.6 Å². The van der Waals surface area contributed by atoms with Gasteiger partial charge in [0.2, 0.25) is 17.5 Å². The number of para-hydroxylation sites is 1. The number of nitrogens with zero attached hydrogens (tertiary/aromatic N) is 2. The Balaban J connectivity index is 0.00000196. The first-order valence-electron chi connectivity index (χ1n) is 21.9. The first-order chi connectivity index (χ1) is 31.3. The molecule has 6 rings (SSSR count). The number of unbranched alkanes of at least 4 members (excludes halogenated alkanes) is 2. The van der Waals surface area contributed by atoms with E-state index in [0.29, 0.717) is 32.5 Å². The number of carbonyl (C=O) groups excluding carboxylic acids is 2. The van der Waals surface area contributed by atoms with Gasteiger partial charge in [-0.1, -0.05) is 98.8 Å². The summed E-state index contributed by atoms with van der Waals surface area (Å²) in [7, 11) is -7.49. The molecule has 4 aromatic carbocycles. The van der Waals surface area contributed by atoms with Gasteiger partial charge in [0.25, 0.3) is 10.1 Å². The van der Waals surface area contributed by atoms with Gasteiger partial charge in [-0.2, -0.15) is 13.0 Å². The number of anilines is 1. The number of phenols is 1. The largest absolute Gasteiger partial charge is 0.508 e. The maximum absolute atomic E-state index is 12.6. The van der Waals surface area contributed by atoms with Crippen LogP contribution in [0.4, 0.5) is 11.4 Å². The van der Waals surface area contributed by atoms with Crippen LogP contribution in [0, 0.1) is 0 Å². The van der Waals surface area contributed by atoms with Gasteiger partial charge in [-0.15, -0.1) is 12.6 Å². The second-order valence-corrected chi connectivity index (χ2v) is 18.9. The summed E-state index contributed by atoms with van der Waals surface area (Å²) in [4.78, 5) is 27.4. The van der Waals surface area contributed by atoms with E-state index in [2.05, 4.69) is 97.2 Å². The van der Waals surface area contributed by atoms with Crippen LogP contribution in [-0.2, 0) is 47.6 Å². The van der Waals surface area contributed by atoms with Crippen LogP contribution in [0.25, 0.3) is 12.2 Å². The van der Waals surface area contributed by atoms with Crippen LogP contribution >= 0.6 is 0 Å². The monoisotopic (exact) mass is 935 g/mol. The Morgan fingerprint density at radius 2 is 1.36 bits per heavy atom. The molecular weight excluding hydrogens is 877 g/mol. The maximum atomic E-state index is 12.6. The van der Waals surface area contributed by atoms with Crippen molar-refractivity contribution in [3.63, 3.8) is 0 Å². The molecule has 0 radical (unpaired) electrons. The third-order valence-corrected chi connectivity index (χ3v) is 12.6. The number of allylic oxidation sites excluding steroid dienone is 6. The number of phenolic OH excluding ortho intramolecular Hbond substituents is 1. The fourth-order valence-electron chi connectivity index (χ4n) is 8.39. The van der Waals surface area contributed by atoms with Gasteiger partial charge in [-0.25, -0.2) is 0 Å². The van der Waals surface area contributed by atoms with Gasteiger partial charge in [0.05, 0.1) is 16.7 Å². The van der Waals surface area contributed by atoms with Crippen molar-refractivity contribution in [2.45, 2.75) is 82.4 Å². The molecule has 0 bridgehead atoms. The number of likely N-dealkylation sites (N-methyl/N-ethyl adjacent to an activating group) is 1. The average molecular weight is 936 g/mol. The number of aromatic hydroxyl groups is 1. The van der Waals surface area contributed by atoms with Crippen LogP contribution in [0.2, 0.25) is 0 Å². The number of benzene rings is 4. The fraction of sp³-hybridized carbons (Fsp3) is 0.314. The van der Waals surface area contributed by atoms with Crippen molar-refractivity contribution in [1.29, 1.82) is 0 Å². The molecule has 15 heteroatoms. The van der Waals surface area contributed by atoms with Gasteiger partial charge in [-0.3, -0.25) is 14.1 Å². The molecule has 0 unspecified atom stereocenters. The molecule has 2 aliphatic heterocycles. The molecule has 0 aliphatic carbocycles. The summed E-state index contributed by atoms with van der Waals surface area (Å²) in [5, 5.41) is 15.2. The van der Waals surface area contributed by atoms with E-state index in [4.69, 9.17) is 12.6 Å². The number of hydrogen-bond acceptors (Lipinski definition) is 9. The molecular formula is C51H59N4O9S2+. The summed E-state index contributed by atoms with van der Waals surface area (Å²) in [5.74, 6) is 0.0453. The lowest BCUT2D eigenvalue weighted by atomic mass is 9.81. The summed E-state index contributed by atoms with van der Waals surface area (Å²) in [6, 6.07) is 28.0. The predicted molar refractivity (Wildman–Crippen MR) is 259 cm³/mol. The highest BCUT2D eigenvalue weighted by atomic mass is 32.2. The Morgan fingerprint density at radius 1 is 0.742 bits per heavy atom. The molecule has 0 atom stereocenters. The van der Waals surface area contributed by atoms with Crippen LogP contribution in [0.3, 0.4) is 0 Å². The van der Waals surface area contributed by atoms with E-state index >= 15 is 0 Å². The third-order valence-electron chi connectivity index (χ3n) is 11.8. The molecule has 66 heavy (non-hydrogen) atoms. The summed E-state index contributed by atoms with van der Waals surface area (Å²) in [6.45, 7) is 13.0. The molecule has 0 aromatic heterocycles. The van der Waals surface area contributed by atoms with E-state index in [9.17, 15) is 27.7 Å². The van der Waals surface area contributed by atoms with Crippen molar-refractivity contribution in [3.8, 4) is 5.75 Å². The molecule has 2 heterocycles. The number of rotatable bonds is 18. The lowest BCUT2D eigenvalue weighted by Crippen LogP contribution is -2.35. The Hall–Kier alpha value is -6.42. The Kier molecular flexibility index (Phi) is 17.4. The Labute approximate surface area is 389 Å². The number of nitrogens with one attached hydrogen (secondary N) is 2. The van der Waals surface area contributed by atoms with E-state index in [1.54, 1.807) is 24.3 Å². The van der Waals surface area contributed by atoms with Crippen LogP contribution in [0.15, 0.2) is 132 Å². The number of fused-ring (bicyclic) bond motifs is 2. The van der Waals surface area contributed by atoms with Crippen LogP contribution in [-0.4, -0.2) is 79.0 Å². The zero-order valence-electron chi connectivity index (χ0n) is 38.0. The normalized spacial score (nSPS) is 15.5. The van der Waals surface area contributed by atoms with Crippen LogP contribution < -0.4 is 15.5 Å². The zero-order valence-corrected chi connectivity index (χ0v) is 39.7. The first kappa shape index (κ1) is 50.6. The van der Waals surface area contributed by atoms with Gasteiger partial charge in [0.15, 0.2) is 5.71 Å². The lowest BCUT2D eigenvalue weighted by molar-refractivity contribution is -0.438. The zero-order chi connectivity index (χ0) is 48.1. The highest BCUT2D eigenvalue weighted by molar-refractivity contribution is 7.85. The summed E-state index contributed by atoms with van der Waals surface area (Å²) in [5.41, 5.74) is 8.71. The molecule has 0 saturated heterocycles. The molecule has 0 saturated carbocycles. The number of hydrogen-bond donors (Lipinski definition) is 4. The fourth-order valence-corrected chi connectivity index (χ4v) is 8.90. The minimum Gasteiger partial charge on any atom is -0.508 e. The second-order valence-electron chi connectivity index (χ2n) is 17.1. The second kappa shape index (κ2) is 22.7. The highest BCUT2D eigenvalue weighted by Crippen LogP contribution is 2.47. The predicted octanol–water partition coefficient (Wildman–Crippen LogP) is 8.03. The maximum Gasteiger partial charge on any atom is 0.425 e. The highest BCUT2D eigenvalue weighted by Gasteiger charge is 2.45. The van der Waals surface area contributed by atoms with E-state index in [0.717, 1.165) is 53.0 Å². The van der Waals surface area contributed by atoms with E-state index in [1.807, 2.05) is 60.7 Å². The average Bonchev–Trinajstić information content (AvgIpc) is 3.62. The molecule has 2 amide bonds. The molecule has 0 fully saturated rings. The Bertz CT molecular complexity index is 2770. The van der Waals surface area contributed by atoms with Crippen molar-refractivity contribution in [2.24, 2.45) is 0 Å². The smallest absolute Gasteiger partial charge is 0.425 e. The van der Waals surface area contributed by atoms with Gasteiger partial charge in [-0.05, 0) is 92.3 Å². The minimum atomic E-state index is -4.38. The van der Waals surface area contributed by atoms with Crippen molar-refractivity contribution >= 4 is 61.8 Å². The quantitative estimate of drug-likeness (QED) is 0.0250. The summed E-state index contributed by atoms with van der Waals surface area (Å²) in [6.07, 6.45) is 17.2. The minimum absolute atomic E-state index is 0.0653. The van der Waals surface area contributed by atoms with E-state index in [1.165, 1.54) is 23.0 Å². The summed E-state index contributed by atoms with van der Waals surface area (Å²) >= 11 is 0. The third kappa shape index (κ3) is 13.3. The Morgan fingerprint density at radius 3 is 2.00 bits per heavy atom. The molecule has 4 N–H and O–H groups in total. The van der Waals surface area contributed by atoms with Crippen molar-refractivity contribution < 1.29 is 44.9 Å². The molecule has 2 aliphatic rings. The standard InChI is InChI=1S/C51H58N4O6S.O3S/c1-6-54-44-16-13-12-15-42(44)50(2,3)46(54)17-9-7-10-18-47-51(4,5)43-36-41(62(59,60)61)30-31-45(43)55(47)34-14-8-11-19-48(57)52-32-33-53-49(58)35-39-24-22-37(23-25-39)20-21-38-26-28-40(56)29-27-38;1-4(2)3/h7,9-10,12-13,15-18,20-31,36H,6,8,11,14,19,32-35H2,1-5H3,(H3-,52,53,56,57,58,59,60,61);/p+1/b21-20+;. The molecule has 13 nitrogen and oxygen atoms in total. The van der Waals surface area contributed by atoms with Crippen LogP contribution in [0.1, 0.15) is 88.1 Å². The SMILES string of the molecule is CCN1C(=CC=CC=CC2=[N+](CCCCCC(=O)NCCNC(=O)Cc3ccc(/C=C/c4ccc(O)cc4)cc3)c3ccc(S(=O)(=O)O)cc3C2(C)C)C(C)(C)c2ccccc21.O=S(=O)=O. The molecule has 348 valence electrons. The lowest BCUT2D eigenvalue weighted by Gasteiger charge is -2.25. The van der Waals surface area contributed by atoms with E-state index < -0.39 is 26.1 Å². The number of carbonyl (C=O) groups is 2. The van der Waals surface area contributed by atoms with Gasteiger partial charge < -0.3 is 20.6 Å². The van der Waals surface area contributed by atoms with Crippen molar-refractivity contribution in [1.82, 2.24) is 10.6 Å². The number of amides is 2. The van der Waals surface area contributed by atoms with Crippen molar-refractivity contribution in [2.75, 3.05) is 31.1 Å². The topological polar surface area (TPSA) is 190 Å².